The first-order chi connectivity index (χ1) is 9.59. The first kappa shape index (κ1) is 14.6. The first-order valence-electron chi connectivity index (χ1n) is 7.04. The molecule has 1 fully saturated rings. The first-order valence-corrected chi connectivity index (χ1v) is 7.04. The zero-order valence-corrected chi connectivity index (χ0v) is 11.9. The number of carbonyl (C=O) groups excluding carboxylic acids is 2. The molecule has 108 valence electrons. The molecule has 1 aliphatic rings. The molecule has 0 saturated carbocycles. The summed E-state index contributed by atoms with van der Waals surface area (Å²) in [6.07, 6.45) is 1.22. The van der Waals surface area contributed by atoms with Gasteiger partial charge in [-0.3, -0.25) is 9.59 Å². The molecule has 0 spiro atoms. The van der Waals surface area contributed by atoms with E-state index in [0.29, 0.717) is 6.42 Å². The Bertz CT molecular complexity index is 461. The van der Waals surface area contributed by atoms with Gasteiger partial charge in [-0.25, -0.2) is 0 Å². The Hall–Kier alpha value is -1.84. The molecule has 1 heterocycles. The molecule has 1 aliphatic heterocycles. The Balaban J connectivity index is 2.21. The summed E-state index contributed by atoms with van der Waals surface area (Å²) in [4.78, 5) is 22.7. The molecule has 0 N–H and O–H groups in total. The number of rotatable bonds is 5. The summed E-state index contributed by atoms with van der Waals surface area (Å²) in [5.41, 5.74) is 1.03. The van der Waals surface area contributed by atoms with Crippen LogP contribution in [-0.2, 0) is 24.5 Å². The van der Waals surface area contributed by atoms with Crippen LogP contribution in [0, 0.1) is 0 Å². The third kappa shape index (κ3) is 3.00. The van der Waals surface area contributed by atoms with E-state index in [0.717, 1.165) is 12.8 Å². The molecule has 1 aromatic rings. The fraction of sp³-hybridized carbons (Fsp3) is 0.500. The molecule has 0 aromatic heterocycles. The largest absolute Gasteiger partial charge is 0.425 e. The highest BCUT2D eigenvalue weighted by atomic mass is 16.7. The van der Waals surface area contributed by atoms with Gasteiger partial charge in [-0.2, -0.15) is 0 Å². The number of hydrogen-bond acceptors (Lipinski definition) is 4. The van der Waals surface area contributed by atoms with Crippen molar-refractivity contribution in [3.63, 3.8) is 0 Å². The lowest BCUT2D eigenvalue weighted by Crippen LogP contribution is -2.38. The lowest BCUT2D eigenvalue weighted by molar-refractivity contribution is -0.206. The van der Waals surface area contributed by atoms with Crippen LogP contribution >= 0.6 is 0 Å². The van der Waals surface area contributed by atoms with Crippen LogP contribution in [0.4, 0.5) is 0 Å². The summed E-state index contributed by atoms with van der Waals surface area (Å²) in [7, 11) is 0. The van der Waals surface area contributed by atoms with E-state index in [1.54, 1.807) is 0 Å². The lowest BCUT2D eigenvalue weighted by Gasteiger charge is -2.36. The van der Waals surface area contributed by atoms with Gasteiger partial charge in [0.2, 0.25) is 6.29 Å². The molecule has 4 nitrogen and oxygen atoms in total. The average molecular weight is 276 g/mol. The van der Waals surface area contributed by atoms with Crippen LogP contribution in [0.1, 0.15) is 45.1 Å². The van der Waals surface area contributed by atoms with E-state index in [1.165, 1.54) is 5.56 Å². The summed E-state index contributed by atoms with van der Waals surface area (Å²) in [6.45, 7) is 4.20. The molecular weight excluding hydrogens is 256 g/mol. The van der Waals surface area contributed by atoms with Crippen LogP contribution in [0.25, 0.3) is 0 Å². The molecule has 0 aliphatic carbocycles. The molecule has 20 heavy (non-hydrogen) atoms. The van der Waals surface area contributed by atoms with Gasteiger partial charge < -0.3 is 9.47 Å². The van der Waals surface area contributed by atoms with Crippen molar-refractivity contribution in [3.8, 4) is 0 Å². The molecule has 0 radical (unpaired) electrons. The van der Waals surface area contributed by atoms with Crippen molar-refractivity contribution in [2.45, 2.75) is 51.2 Å². The molecule has 1 aromatic carbocycles. The Morgan fingerprint density at radius 1 is 1.05 bits per heavy atom. The Morgan fingerprint density at radius 2 is 1.60 bits per heavy atom. The Kier molecular flexibility index (Phi) is 4.42. The van der Waals surface area contributed by atoms with Gasteiger partial charge >= 0.3 is 11.9 Å². The van der Waals surface area contributed by atoms with E-state index in [4.69, 9.17) is 9.47 Å². The van der Waals surface area contributed by atoms with Crippen LogP contribution in [-0.4, -0.2) is 18.2 Å². The fourth-order valence-corrected chi connectivity index (χ4v) is 2.78. The lowest BCUT2D eigenvalue weighted by atomic mass is 9.73. The Morgan fingerprint density at radius 3 is 2.10 bits per heavy atom. The number of hydrogen-bond donors (Lipinski definition) is 0. The van der Waals surface area contributed by atoms with Crippen LogP contribution in [0.15, 0.2) is 30.3 Å². The summed E-state index contributed by atoms with van der Waals surface area (Å²) < 4.78 is 10.3. The van der Waals surface area contributed by atoms with Gasteiger partial charge in [0.1, 0.15) is 6.42 Å². The second-order valence-electron chi connectivity index (χ2n) is 5.14. The number of esters is 2. The summed E-state index contributed by atoms with van der Waals surface area (Å²) in [5.74, 6) is -0.999. The fourth-order valence-electron chi connectivity index (χ4n) is 2.78. The number of carbonyl (C=O) groups is 2. The van der Waals surface area contributed by atoms with Gasteiger partial charge in [0, 0.05) is 11.8 Å². The minimum atomic E-state index is -0.774. The molecule has 2 rings (SSSR count). The maximum atomic E-state index is 11.4. The standard InChI is InChI=1S/C16H20O4/c1-3-16(4-2,12-8-6-5-7-9-12)11-15-19-13(17)10-14(18)20-15/h5-9,15H,3-4,10-11H2,1-2H3. The average Bonchev–Trinajstić information content (AvgIpc) is 2.45. The highest BCUT2D eigenvalue weighted by Crippen LogP contribution is 2.37. The molecular formula is C16H20O4. The molecule has 1 saturated heterocycles. The van der Waals surface area contributed by atoms with Crippen molar-refractivity contribution < 1.29 is 19.1 Å². The normalized spacial score (nSPS) is 16.7. The summed E-state index contributed by atoms with van der Waals surface area (Å²) in [5, 5.41) is 0. The monoisotopic (exact) mass is 276 g/mol. The highest BCUT2D eigenvalue weighted by Gasteiger charge is 2.37. The van der Waals surface area contributed by atoms with Crippen molar-refractivity contribution in [3.05, 3.63) is 35.9 Å². The number of ether oxygens (including phenoxy) is 2. The smallest absolute Gasteiger partial charge is 0.320 e. The van der Waals surface area contributed by atoms with Crippen molar-refractivity contribution in [2.75, 3.05) is 0 Å². The maximum Gasteiger partial charge on any atom is 0.320 e. The van der Waals surface area contributed by atoms with E-state index in [1.807, 2.05) is 18.2 Å². The van der Waals surface area contributed by atoms with Crippen molar-refractivity contribution in [1.29, 1.82) is 0 Å². The third-order valence-corrected chi connectivity index (χ3v) is 4.11. The molecule has 0 amide bonds. The van der Waals surface area contributed by atoms with Gasteiger partial charge in [-0.05, 0) is 18.4 Å². The Labute approximate surface area is 119 Å². The van der Waals surface area contributed by atoms with E-state index in [9.17, 15) is 9.59 Å². The minimum Gasteiger partial charge on any atom is -0.425 e. The van der Waals surface area contributed by atoms with Gasteiger partial charge in [-0.1, -0.05) is 44.2 Å². The maximum absolute atomic E-state index is 11.4. The molecule has 0 bridgehead atoms. The van der Waals surface area contributed by atoms with Crippen LogP contribution in [0.5, 0.6) is 0 Å². The van der Waals surface area contributed by atoms with E-state index in [-0.39, 0.29) is 11.8 Å². The highest BCUT2D eigenvalue weighted by molar-refractivity contribution is 5.92. The topological polar surface area (TPSA) is 52.6 Å². The van der Waals surface area contributed by atoms with Crippen molar-refractivity contribution in [1.82, 2.24) is 0 Å². The number of cyclic esters (lactones) is 2. The van der Waals surface area contributed by atoms with E-state index >= 15 is 0 Å². The quantitative estimate of drug-likeness (QED) is 0.613. The molecule has 0 unspecified atom stereocenters. The second kappa shape index (κ2) is 6.07. The van der Waals surface area contributed by atoms with E-state index < -0.39 is 18.2 Å². The molecule has 4 heteroatoms. The second-order valence-corrected chi connectivity index (χ2v) is 5.14. The van der Waals surface area contributed by atoms with Gasteiger partial charge in [0.05, 0.1) is 0 Å². The predicted molar refractivity (Wildman–Crippen MR) is 73.9 cm³/mol. The van der Waals surface area contributed by atoms with E-state index in [2.05, 4.69) is 26.0 Å². The zero-order chi connectivity index (χ0) is 14.6. The summed E-state index contributed by atoms with van der Waals surface area (Å²) >= 11 is 0. The minimum absolute atomic E-state index is 0.149. The van der Waals surface area contributed by atoms with Crippen molar-refractivity contribution >= 4 is 11.9 Å². The van der Waals surface area contributed by atoms with Crippen LogP contribution in [0.2, 0.25) is 0 Å². The van der Waals surface area contributed by atoms with Crippen molar-refractivity contribution in [2.24, 2.45) is 0 Å². The summed E-state index contributed by atoms with van der Waals surface area (Å²) in [6, 6.07) is 10.1. The zero-order valence-electron chi connectivity index (χ0n) is 11.9. The SMILES string of the molecule is CCC(CC)(CC1OC(=O)CC(=O)O1)c1ccccc1. The van der Waals surface area contributed by atoms with Gasteiger partial charge in [0.25, 0.3) is 0 Å². The molecule has 0 atom stereocenters. The third-order valence-electron chi connectivity index (χ3n) is 4.11. The predicted octanol–water partition coefficient (Wildman–Crippen LogP) is 2.95. The van der Waals surface area contributed by atoms with Crippen LogP contribution in [0.3, 0.4) is 0 Å². The van der Waals surface area contributed by atoms with Crippen LogP contribution < -0.4 is 0 Å². The number of benzene rings is 1. The van der Waals surface area contributed by atoms with Gasteiger partial charge in [0.15, 0.2) is 0 Å². The van der Waals surface area contributed by atoms with Gasteiger partial charge in [-0.15, -0.1) is 0 Å².